The Bertz CT molecular complexity index is 2460. The van der Waals surface area contributed by atoms with Crippen molar-refractivity contribution in [3.8, 4) is 16.8 Å². The van der Waals surface area contributed by atoms with Crippen LogP contribution in [0.25, 0.3) is 60.6 Å². The lowest BCUT2D eigenvalue weighted by molar-refractivity contribution is 0.396. The molecule has 2 unspecified atom stereocenters. The Labute approximate surface area is 256 Å². The van der Waals surface area contributed by atoms with Crippen molar-refractivity contribution in [3.05, 3.63) is 138 Å². The smallest absolute Gasteiger partial charge is 0.135 e. The Morgan fingerprint density at radius 2 is 1.41 bits per heavy atom. The number of nitrogens with zero attached hydrogens (tertiary/aromatic N) is 1. The molecule has 2 heterocycles. The van der Waals surface area contributed by atoms with E-state index in [0.29, 0.717) is 11.8 Å². The minimum Gasteiger partial charge on any atom is -0.456 e. The van der Waals surface area contributed by atoms with Gasteiger partial charge in [-0.3, -0.25) is 0 Å². The van der Waals surface area contributed by atoms with Gasteiger partial charge in [0.05, 0.1) is 11.0 Å². The molecule has 3 aliphatic carbocycles. The first-order chi connectivity index (χ1) is 21.4. The van der Waals surface area contributed by atoms with Crippen LogP contribution in [0.5, 0.6) is 0 Å². The highest BCUT2D eigenvalue weighted by Gasteiger charge is 2.51. The van der Waals surface area contributed by atoms with Crippen LogP contribution in [0.2, 0.25) is 0 Å². The first-order valence-electron chi connectivity index (χ1n) is 15.9. The van der Waals surface area contributed by atoms with Gasteiger partial charge < -0.3 is 8.98 Å². The standard InChI is InChI=1S/C42H33NO/c1-41(2)30-17-9-5-14-26(30)35-36-27-15-6-10-18-31(27)42(3,4)39(36)40-37(38(35)41)28-16-7-11-19-32(28)43(40)24-21-22-34-29(23-24)25-13-8-12-20-33(25)44-34/h5-23,26,30H,1-4H3. The van der Waals surface area contributed by atoms with E-state index in [4.69, 9.17) is 4.42 Å². The van der Waals surface area contributed by atoms with Crippen molar-refractivity contribution in [1.29, 1.82) is 0 Å². The van der Waals surface area contributed by atoms with E-state index in [1.165, 1.54) is 55.3 Å². The molecular formula is C42H33NO. The molecule has 0 fully saturated rings. The second kappa shape index (κ2) is 8.01. The number of hydrogen-bond acceptors (Lipinski definition) is 1. The number of para-hydroxylation sites is 2. The third-order valence-corrected chi connectivity index (χ3v) is 11.2. The van der Waals surface area contributed by atoms with Crippen LogP contribution < -0.4 is 0 Å². The summed E-state index contributed by atoms with van der Waals surface area (Å²) in [6, 6.07) is 33.4. The van der Waals surface area contributed by atoms with Gasteiger partial charge in [-0.2, -0.15) is 0 Å². The quantitative estimate of drug-likeness (QED) is 0.193. The zero-order valence-corrected chi connectivity index (χ0v) is 25.5. The van der Waals surface area contributed by atoms with Gasteiger partial charge in [0.25, 0.3) is 0 Å². The van der Waals surface area contributed by atoms with Crippen molar-refractivity contribution in [2.75, 3.05) is 0 Å². The molecular weight excluding hydrogens is 534 g/mol. The van der Waals surface area contributed by atoms with Gasteiger partial charge in [-0.05, 0) is 75.0 Å². The van der Waals surface area contributed by atoms with Gasteiger partial charge in [-0.1, -0.05) is 113 Å². The van der Waals surface area contributed by atoms with E-state index in [2.05, 4.69) is 141 Å². The molecule has 2 atom stereocenters. The van der Waals surface area contributed by atoms with E-state index >= 15 is 0 Å². The van der Waals surface area contributed by atoms with E-state index < -0.39 is 0 Å². The first kappa shape index (κ1) is 24.6. The lowest BCUT2D eigenvalue weighted by Gasteiger charge is -2.30. The molecule has 212 valence electrons. The lowest BCUT2D eigenvalue weighted by atomic mass is 9.73. The number of hydrogen-bond donors (Lipinski definition) is 0. The molecule has 0 saturated carbocycles. The SMILES string of the molecule is CC1(C)c2ccccc2-c2c3c(c4c5ccccc5n(-c5ccc6oc7ccccc7c6c5)c4c21)C(C)(C)C1C=CC=CC31. The second-order valence-corrected chi connectivity index (χ2v) is 14.1. The van der Waals surface area contributed by atoms with Crippen LogP contribution in [0.3, 0.4) is 0 Å². The Morgan fingerprint density at radius 1 is 0.682 bits per heavy atom. The van der Waals surface area contributed by atoms with Gasteiger partial charge in [0.15, 0.2) is 0 Å². The maximum absolute atomic E-state index is 6.27. The molecule has 2 nitrogen and oxygen atoms in total. The highest BCUT2D eigenvalue weighted by Crippen LogP contribution is 2.64. The van der Waals surface area contributed by atoms with E-state index in [1.54, 1.807) is 5.56 Å². The van der Waals surface area contributed by atoms with Gasteiger partial charge in [0, 0.05) is 38.6 Å². The third kappa shape index (κ3) is 2.79. The maximum atomic E-state index is 6.27. The van der Waals surface area contributed by atoms with Crippen molar-refractivity contribution in [1.82, 2.24) is 4.57 Å². The summed E-state index contributed by atoms with van der Waals surface area (Å²) < 4.78 is 8.84. The van der Waals surface area contributed by atoms with E-state index in [1.807, 2.05) is 6.07 Å². The van der Waals surface area contributed by atoms with Crippen molar-refractivity contribution in [3.63, 3.8) is 0 Å². The number of aromatic nitrogens is 1. The number of fused-ring (bicyclic) bond motifs is 15. The predicted octanol–water partition coefficient (Wildman–Crippen LogP) is 11.1. The average Bonchev–Trinajstić information content (AvgIpc) is 3.72. The maximum Gasteiger partial charge on any atom is 0.135 e. The fraction of sp³-hybridized carbons (Fsp3) is 0.190. The molecule has 44 heavy (non-hydrogen) atoms. The average molecular weight is 568 g/mol. The highest BCUT2D eigenvalue weighted by molar-refractivity contribution is 6.17. The van der Waals surface area contributed by atoms with Crippen molar-refractivity contribution in [2.45, 2.75) is 44.4 Å². The molecule has 7 aromatic rings. The van der Waals surface area contributed by atoms with Crippen molar-refractivity contribution < 1.29 is 4.42 Å². The van der Waals surface area contributed by atoms with E-state index in [9.17, 15) is 0 Å². The highest BCUT2D eigenvalue weighted by atomic mass is 16.3. The Morgan fingerprint density at radius 3 is 2.30 bits per heavy atom. The molecule has 0 aliphatic heterocycles. The molecule has 3 aliphatic rings. The van der Waals surface area contributed by atoms with E-state index in [0.717, 1.165) is 21.9 Å². The Hall–Kier alpha value is -4.82. The molecule has 0 amide bonds. The molecule has 0 radical (unpaired) electrons. The third-order valence-electron chi connectivity index (χ3n) is 11.2. The number of allylic oxidation sites excluding steroid dienone is 4. The van der Waals surface area contributed by atoms with Crippen LogP contribution in [0.15, 0.2) is 120 Å². The van der Waals surface area contributed by atoms with Gasteiger partial charge in [0.2, 0.25) is 0 Å². The Kier molecular flexibility index (Phi) is 4.48. The molecule has 10 rings (SSSR count). The summed E-state index contributed by atoms with van der Waals surface area (Å²) >= 11 is 0. The second-order valence-electron chi connectivity index (χ2n) is 14.1. The summed E-state index contributed by atoms with van der Waals surface area (Å²) in [4.78, 5) is 0. The van der Waals surface area contributed by atoms with Crippen molar-refractivity contribution >= 4 is 43.7 Å². The predicted molar refractivity (Wildman–Crippen MR) is 183 cm³/mol. The fourth-order valence-electron chi connectivity index (χ4n) is 9.37. The molecule has 0 spiro atoms. The summed E-state index contributed by atoms with van der Waals surface area (Å²) in [5.41, 5.74) is 14.3. The van der Waals surface area contributed by atoms with Gasteiger partial charge in [-0.25, -0.2) is 0 Å². The molecule has 2 heteroatoms. The van der Waals surface area contributed by atoms with Gasteiger partial charge in [-0.15, -0.1) is 0 Å². The largest absolute Gasteiger partial charge is 0.456 e. The normalized spacial score (nSPS) is 20.5. The van der Waals surface area contributed by atoms with Crippen LogP contribution in [0.1, 0.15) is 55.9 Å². The monoisotopic (exact) mass is 567 g/mol. The number of furan rings is 1. The topological polar surface area (TPSA) is 18.1 Å². The zero-order valence-electron chi connectivity index (χ0n) is 25.5. The molecule has 0 bridgehead atoms. The summed E-state index contributed by atoms with van der Waals surface area (Å²) in [7, 11) is 0. The molecule has 5 aromatic carbocycles. The molecule has 2 aromatic heterocycles. The summed E-state index contributed by atoms with van der Waals surface area (Å²) in [5, 5.41) is 5.08. The molecule has 0 N–H and O–H groups in total. The minimum absolute atomic E-state index is 0.0319. The summed E-state index contributed by atoms with van der Waals surface area (Å²) in [6.45, 7) is 9.83. The lowest BCUT2D eigenvalue weighted by Crippen LogP contribution is -2.25. The van der Waals surface area contributed by atoms with Crippen LogP contribution in [-0.2, 0) is 10.8 Å². The Balaban J connectivity index is 1.45. The van der Waals surface area contributed by atoms with Crippen LogP contribution in [0.4, 0.5) is 0 Å². The summed E-state index contributed by atoms with van der Waals surface area (Å²) in [6.07, 6.45) is 9.46. The summed E-state index contributed by atoms with van der Waals surface area (Å²) in [5.74, 6) is 0.782. The number of benzene rings is 5. The van der Waals surface area contributed by atoms with Crippen LogP contribution >= 0.6 is 0 Å². The van der Waals surface area contributed by atoms with Crippen molar-refractivity contribution in [2.24, 2.45) is 5.92 Å². The zero-order chi connectivity index (χ0) is 29.5. The van der Waals surface area contributed by atoms with Crippen LogP contribution in [0, 0.1) is 5.92 Å². The van der Waals surface area contributed by atoms with Gasteiger partial charge in [0.1, 0.15) is 11.2 Å². The molecule has 0 saturated heterocycles. The van der Waals surface area contributed by atoms with Gasteiger partial charge >= 0.3 is 0 Å². The fourth-order valence-corrected chi connectivity index (χ4v) is 9.37. The minimum atomic E-state index is -0.159. The first-order valence-corrected chi connectivity index (χ1v) is 15.9. The van der Waals surface area contributed by atoms with E-state index in [-0.39, 0.29) is 10.8 Å². The van der Waals surface area contributed by atoms with Crippen LogP contribution in [-0.4, -0.2) is 4.57 Å². The number of rotatable bonds is 1.